The summed E-state index contributed by atoms with van der Waals surface area (Å²) in [6, 6.07) is 7.66. The highest BCUT2D eigenvalue weighted by Gasteiger charge is 2.30. The fourth-order valence-electron chi connectivity index (χ4n) is 4.28. The predicted molar refractivity (Wildman–Crippen MR) is 142 cm³/mol. The molecule has 1 aliphatic rings. The second-order valence-electron chi connectivity index (χ2n) is 9.27. The van der Waals surface area contributed by atoms with Gasteiger partial charge in [0.2, 0.25) is 11.8 Å². The van der Waals surface area contributed by atoms with Crippen molar-refractivity contribution in [3.8, 4) is 0 Å². The second kappa shape index (κ2) is 17.0. The van der Waals surface area contributed by atoms with E-state index in [9.17, 15) is 9.59 Å². The summed E-state index contributed by atoms with van der Waals surface area (Å²) < 4.78 is 0. The van der Waals surface area contributed by atoms with Crippen LogP contribution in [-0.4, -0.2) is 30.2 Å². The van der Waals surface area contributed by atoms with Crippen LogP contribution in [0.25, 0.3) is 0 Å². The first kappa shape index (κ1) is 27.7. The van der Waals surface area contributed by atoms with E-state index >= 15 is 0 Å². The van der Waals surface area contributed by atoms with Crippen molar-refractivity contribution in [2.75, 3.05) is 17.6 Å². The highest BCUT2D eigenvalue weighted by molar-refractivity contribution is 7.99. The van der Waals surface area contributed by atoms with Gasteiger partial charge in [-0.2, -0.15) is 0 Å². The Kier molecular flexibility index (Phi) is 14.3. The summed E-state index contributed by atoms with van der Waals surface area (Å²) in [5.74, 6) is 0.783. The van der Waals surface area contributed by atoms with Crippen molar-refractivity contribution in [2.24, 2.45) is 0 Å². The van der Waals surface area contributed by atoms with E-state index in [2.05, 4.69) is 22.9 Å². The lowest BCUT2D eigenvalue weighted by molar-refractivity contribution is -0.122. The molecule has 1 unspecified atom stereocenters. The van der Waals surface area contributed by atoms with Crippen molar-refractivity contribution in [3.05, 3.63) is 29.8 Å². The Morgan fingerprint density at radius 3 is 2.15 bits per heavy atom. The van der Waals surface area contributed by atoms with Crippen molar-refractivity contribution in [3.63, 3.8) is 0 Å². The molecular weight excluding hydrogens is 430 g/mol. The van der Waals surface area contributed by atoms with E-state index in [1.54, 1.807) is 11.8 Å². The first-order chi connectivity index (χ1) is 16.1. The van der Waals surface area contributed by atoms with E-state index in [0.717, 1.165) is 30.0 Å². The van der Waals surface area contributed by atoms with Crippen LogP contribution in [0, 0.1) is 0 Å². The van der Waals surface area contributed by atoms with Gasteiger partial charge in [-0.1, -0.05) is 96.1 Å². The van der Waals surface area contributed by atoms with Crippen LogP contribution in [-0.2, 0) is 9.59 Å². The van der Waals surface area contributed by atoms with Crippen LogP contribution in [0.1, 0.15) is 108 Å². The zero-order chi connectivity index (χ0) is 23.7. The molecule has 2 rings (SSSR count). The molecule has 0 radical (unpaired) electrons. The van der Waals surface area contributed by atoms with E-state index in [1.807, 2.05) is 24.3 Å². The number of thioether (sulfide) groups is 1. The number of carbonyl (C=O) groups is 2. The minimum Gasteiger partial charge on any atom is -0.355 e. The average molecular weight is 476 g/mol. The number of unbranched alkanes of at least 4 members (excludes halogenated alkanes) is 12. The third kappa shape index (κ3) is 11.9. The van der Waals surface area contributed by atoms with Gasteiger partial charge in [-0.3, -0.25) is 14.9 Å². The summed E-state index contributed by atoms with van der Waals surface area (Å²) >= 11 is 1.74. The molecule has 0 saturated carbocycles. The molecule has 2 amide bonds. The summed E-state index contributed by atoms with van der Waals surface area (Å²) in [5, 5.41) is 9.42. The lowest BCUT2D eigenvalue weighted by atomic mass is 10.0. The molecule has 0 aromatic heterocycles. The monoisotopic (exact) mass is 475 g/mol. The van der Waals surface area contributed by atoms with Gasteiger partial charge >= 0.3 is 0 Å². The molecule has 1 saturated heterocycles. The fourth-order valence-corrected chi connectivity index (χ4v) is 5.51. The van der Waals surface area contributed by atoms with Crippen LogP contribution in [0.3, 0.4) is 0 Å². The predicted octanol–water partition coefficient (Wildman–Crippen LogP) is 6.56. The van der Waals surface area contributed by atoms with Gasteiger partial charge in [0.1, 0.15) is 0 Å². The minimum atomic E-state index is -0.161. The lowest BCUT2D eigenvalue weighted by Crippen LogP contribution is -2.42. The van der Waals surface area contributed by atoms with Gasteiger partial charge in [0.05, 0.1) is 11.4 Å². The van der Waals surface area contributed by atoms with E-state index < -0.39 is 0 Å². The standard InChI is InChI=1S/C27H45N3O2S/c1-3-4-5-6-7-8-9-10-11-12-13-14-15-19-28-26(32)25-21-33-27(30-25)23-17-16-18-24(20-23)29-22(2)31/h16-18,20,25,27,30H,3-15,19,21H2,1-2H3,(H,28,32)(H,29,31)/t25-,27?/m0/s1. The third-order valence-electron chi connectivity index (χ3n) is 6.19. The topological polar surface area (TPSA) is 70.2 Å². The zero-order valence-electron chi connectivity index (χ0n) is 20.8. The van der Waals surface area contributed by atoms with Crippen LogP contribution >= 0.6 is 11.8 Å². The normalized spacial score (nSPS) is 17.8. The van der Waals surface area contributed by atoms with Gasteiger partial charge in [0, 0.05) is 24.9 Å². The molecule has 1 heterocycles. The summed E-state index contributed by atoms with van der Waals surface area (Å²) in [5.41, 5.74) is 1.87. The largest absolute Gasteiger partial charge is 0.355 e. The van der Waals surface area contributed by atoms with Crippen molar-refractivity contribution < 1.29 is 9.59 Å². The molecule has 0 bridgehead atoms. The van der Waals surface area contributed by atoms with Gasteiger partial charge < -0.3 is 10.6 Å². The van der Waals surface area contributed by atoms with E-state index in [-0.39, 0.29) is 23.2 Å². The van der Waals surface area contributed by atoms with Crippen LogP contribution < -0.4 is 16.0 Å². The van der Waals surface area contributed by atoms with Crippen molar-refractivity contribution in [1.29, 1.82) is 0 Å². The number of anilines is 1. The number of nitrogens with one attached hydrogen (secondary N) is 3. The molecule has 1 aromatic carbocycles. The van der Waals surface area contributed by atoms with E-state index in [1.165, 1.54) is 84.0 Å². The molecule has 2 atom stereocenters. The molecule has 0 spiro atoms. The number of hydrogen-bond donors (Lipinski definition) is 3. The lowest BCUT2D eigenvalue weighted by Gasteiger charge is -2.15. The summed E-state index contributed by atoms with van der Waals surface area (Å²) in [6.07, 6.45) is 17.4. The number of hydrogen-bond acceptors (Lipinski definition) is 4. The maximum absolute atomic E-state index is 12.5. The zero-order valence-corrected chi connectivity index (χ0v) is 21.6. The summed E-state index contributed by atoms with van der Waals surface area (Å²) in [7, 11) is 0. The van der Waals surface area contributed by atoms with Crippen LogP contribution in [0.2, 0.25) is 0 Å². The number of amides is 2. The second-order valence-corrected chi connectivity index (χ2v) is 10.4. The van der Waals surface area contributed by atoms with Crippen molar-refractivity contribution >= 4 is 29.3 Å². The molecule has 33 heavy (non-hydrogen) atoms. The number of carbonyl (C=O) groups excluding carboxylic acids is 2. The summed E-state index contributed by atoms with van der Waals surface area (Å²) in [4.78, 5) is 23.8. The SMILES string of the molecule is CCCCCCCCCCCCCCCNC(=O)[C@@H]1CSC(c2cccc(NC(C)=O)c2)N1. The molecule has 1 aliphatic heterocycles. The molecule has 0 aliphatic carbocycles. The van der Waals surface area contributed by atoms with Gasteiger partial charge in [-0.05, 0) is 24.1 Å². The Hall–Kier alpha value is -1.53. The smallest absolute Gasteiger partial charge is 0.238 e. The maximum atomic E-state index is 12.5. The Labute approximate surface area is 205 Å². The van der Waals surface area contributed by atoms with Gasteiger partial charge in [0.25, 0.3) is 0 Å². The molecular formula is C27H45N3O2S. The average Bonchev–Trinajstić information content (AvgIpc) is 3.29. The number of rotatable bonds is 17. The third-order valence-corrected chi connectivity index (χ3v) is 7.46. The van der Waals surface area contributed by atoms with Crippen LogP contribution in [0.5, 0.6) is 0 Å². The fraction of sp³-hybridized carbons (Fsp3) is 0.704. The highest BCUT2D eigenvalue weighted by Crippen LogP contribution is 2.33. The van der Waals surface area contributed by atoms with E-state index in [0.29, 0.717) is 0 Å². The summed E-state index contributed by atoms with van der Waals surface area (Å²) in [6.45, 7) is 4.54. The minimum absolute atomic E-state index is 0.0748. The molecule has 1 aromatic rings. The van der Waals surface area contributed by atoms with Crippen molar-refractivity contribution in [2.45, 2.75) is 109 Å². The highest BCUT2D eigenvalue weighted by atomic mass is 32.2. The number of benzene rings is 1. The van der Waals surface area contributed by atoms with Crippen LogP contribution in [0.15, 0.2) is 24.3 Å². The van der Waals surface area contributed by atoms with E-state index in [4.69, 9.17) is 0 Å². The Morgan fingerprint density at radius 2 is 1.55 bits per heavy atom. The molecule has 1 fully saturated rings. The van der Waals surface area contributed by atoms with Crippen molar-refractivity contribution in [1.82, 2.24) is 10.6 Å². The molecule has 3 N–H and O–H groups in total. The van der Waals surface area contributed by atoms with Gasteiger partial charge in [-0.25, -0.2) is 0 Å². The first-order valence-corrected chi connectivity index (χ1v) is 14.2. The Morgan fingerprint density at radius 1 is 0.939 bits per heavy atom. The quantitative estimate of drug-likeness (QED) is 0.223. The van der Waals surface area contributed by atoms with Gasteiger partial charge in [0.15, 0.2) is 0 Å². The maximum Gasteiger partial charge on any atom is 0.238 e. The van der Waals surface area contributed by atoms with Gasteiger partial charge in [-0.15, -0.1) is 11.8 Å². The van der Waals surface area contributed by atoms with Crippen LogP contribution in [0.4, 0.5) is 5.69 Å². The Bertz CT molecular complexity index is 698. The Balaban J connectivity index is 1.48. The molecule has 5 nitrogen and oxygen atoms in total. The first-order valence-electron chi connectivity index (χ1n) is 13.1. The molecule has 6 heteroatoms. The molecule has 186 valence electrons.